The molecule has 0 aromatic carbocycles. The molecule has 122 valence electrons. The fourth-order valence-corrected chi connectivity index (χ4v) is 2.34. The largest absolute Gasteiger partial charge is 0.479 e. The number of ether oxygens (including phenoxy) is 3. The highest BCUT2D eigenvalue weighted by Crippen LogP contribution is 2.42. The molecule has 2 heterocycles. The van der Waals surface area contributed by atoms with E-state index in [1.807, 2.05) is 0 Å². The van der Waals surface area contributed by atoms with E-state index in [1.165, 1.54) is 0 Å². The van der Waals surface area contributed by atoms with Gasteiger partial charge in [-0.1, -0.05) is 0 Å². The van der Waals surface area contributed by atoms with E-state index >= 15 is 0 Å². The van der Waals surface area contributed by atoms with Crippen LogP contribution in [0.1, 0.15) is 12.8 Å². The lowest BCUT2D eigenvalue weighted by molar-refractivity contribution is -0.340. The van der Waals surface area contributed by atoms with Gasteiger partial charge in [-0.05, 0) is 6.42 Å². The summed E-state index contributed by atoms with van der Waals surface area (Å²) in [7, 11) is 0. The lowest BCUT2D eigenvalue weighted by Crippen LogP contribution is -2.67. The van der Waals surface area contributed by atoms with Gasteiger partial charge in [-0.15, -0.1) is 0 Å². The number of carboxylic acids is 4. The fourth-order valence-electron chi connectivity index (χ4n) is 2.34. The second-order valence-corrected chi connectivity index (χ2v) is 4.86. The van der Waals surface area contributed by atoms with E-state index in [1.54, 1.807) is 0 Å². The van der Waals surface area contributed by atoms with Crippen LogP contribution in [0.4, 0.5) is 0 Å². The minimum Gasteiger partial charge on any atom is -0.479 e. The summed E-state index contributed by atoms with van der Waals surface area (Å²) in [4.78, 5) is 44.5. The summed E-state index contributed by atoms with van der Waals surface area (Å²) in [5.74, 6) is -8.98. The van der Waals surface area contributed by atoms with Crippen molar-refractivity contribution >= 4 is 23.9 Å². The van der Waals surface area contributed by atoms with Crippen LogP contribution in [0.2, 0.25) is 0 Å². The molecule has 0 aliphatic carbocycles. The molecular formula is C11H12O11. The highest BCUT2D eigenvalue weighted by molar-refractivity contribution is 6.02. The third-order valence-electron chi connectivity index (χ3n) is 3.53. The summed E-state index contributed by atoms with van der Waals surface area (Å²) in [6.07, 6.45) is -3.74. The molecule has 2 fully saturated rings. The van der Waals surface area contributed by atoms with Crippen molar-refractivity contribution in [3.8, 4) is 0 Å². The molecule has 3 atom stereocenters. The number of hydrogen-bond acceptors (Lipinski definition) is 7. The number of hydrogen-bond donors (Lipinski definition) is 4. The second-order valence-electron chi connectivity index (χ2n) is 4.86. The van der Waals surface area contributed by atoms with Crippen LogP contribution >= 0.6 is 0 Å². The van der Waals surface area contributed by atoms with Crippen LogP contribution in [-0.2, 0) is 33.4 Å². The Bertz CT molecular complexity index is 526. The number of aliphatic carboxylic acids is 4. The first kappa shape index (κ1) is 16.1. The van der Waals surface area contributed by atoms with Crippen molar-refractivity contribution < 1.29 is 53.8 Å². The van der Waals surface area contributed by atoms with Crippen molar-refractivity contribution in [3.05, 3.63) is 0 Å². The van der Waals surface area contributed by atoms with Crippen molar-refractivity contribution in [3.63, 3.8) is 0 Å². The first-order valence-electron chi connectivity index (χ1n) is 6.06. The first-order chi connectivity index (χ1) is 10.1. The van der Waals surface area contributed by atoms with Crippen LogP contribution < -0.4 is 0 Å². The molecule has 0 amide bonds. The maximum Gasteiger partial charge on any atom is 0.350 e. The third-order valence-corrected chi connectivity index (χ3v) is 3.53. The van der Waals surface area contributed by atoms with Crippen LogP contribution in [0.3, 0.4) is 0 Å². The van der Waals surface area contributed by atoms with Gasteiger partial charge in [0, 0.05) is 6.42 Å². The lowest BCUT2D eigenvalue weighted by Gasteiger charge is -2.43. The molecule has 2 saturated heterocycles. The smallest absolute Gasteiger partial charge is 0.350 e. The standard InChI is InChI=1S/C11H12O11/c12-6(13)4-1-2-11(21-4)5(7(14)15)22-10(3-20-11,8(16)17)9(18)19/h4-5H,1-3H2,(H,12,13)(H,14,15)(H,16,17)(H,18,19)/t4-,5?,11-/m1/s1. The van der Waals surface area contributed by atoms with Crippen LogP contribution in [0.5, 0.6) is 0 Å². The van der Waals surface area contributed by atoms with Gasteiger partial charge in [-0.25, -0.2) is 19.2 Å². The predicted octanol–water partition coefficient (Wildman–Crippen LogP) is -1.65. The Kier molecular flexibility index (Phi) is 3.81. The van der Waals surface area contributed by atoms with Crippen molar-refractivity contribution in [1.29, 1.82) is 0 Å². The molecule has 0 aromatic rings. The highest BCUT2D eigenvalue weighted by atomic mass is 16.8. The van der Waals surface area contributed by atoms with Crippen LogP contribution in [-0.4, -0.2) is 74.5 Å². The maximum atomic E-state index is 11.3. The summed E-state index contributed by atoms with van der Waals surface area (Å²) in [5.41, 5.74) is -2.90. The molecular weight excluding hydrogens is 308 g/mol. The summed E-state index contributed by atoms with van der Waals surface area (Å²) >= 11 is 0. The Morgan fingerprint density at radius 3 is 1.91 bits per heavy atom. The quantitative estimate of drug-likeness (QED) is 0.436. The van der Waals surface area contributed by atoms with E-state index in [4.69, 9.17) is 34.6 Å². The lowest BCUT2D eigenvalue weighted by atomic mass is 9.98. The zero-order valence-electron chi connectivity index (χ0n) is 10.9. The average molecular weight is 320 g/mol. The zero-order valence-corrected chi connectivity index (χ0v) is 10.9. The minimum absolute atomic E-state index is 0.0877. The molecule has 2 aliphatic rings. The van der Waals surface area contributed by atoms with Gasteiger partial charge in [0.2, 0.25) is 11.9 Å². The number of carbonyl (C=O) groups is 4. The Hall–Kier alpha value is -2.24. The van der Waals surface area contributed by atoms with Gasteiger partial charge in [-0.3, -0.25) is 0 Å². The van der Waals surface area contributed by atoms with Crippen molar-refractivity contribution in [2.75, 3.05) is 6.61 Å². The van der Waals surface area contributed by atoms with E-state index in [2.05, 4.69) is 0 Å². The SMILES string of the molecule is O=C(O)C1OC(C(=O)O)(C(=O)O)CO[C@@]12CC[C@H](C(=O)O)O2. The molecule has 1 spiro atoms. The van der Waals surface area contributed by atoms with Crippen LogP contribution in [0.25, 0.3) is 0 Å². The number of carboxylic acid groups (broad SMARTS) is 4. The summed E-state index contributed by atoms with van der Waals surface area (Å²) in [6.45, 7) is -1.02. The third kappa shape index (κ3) is 2.28. The van der Waals surface area contributed by atoms with Crippen LogP contribution in [0.15, 0.2) is 0 Å². The highest BCUT2D eigenvalue weighted by Gasteiger charge is 2.65. The topological polar surface area (TPSA) is 177 Å². The summed E-state index contributed by atoms with van der Waals surface area (Å²) in [5, 5.41) is 36.1. The van der Waals surface area contributed by atoms with E-state index in [-0.39, 0.29) is 12.8 Å². The van der Waals surface area contributed by atoms with E-state index in [0.29, 0.717) is 0 Å². The van der Waals surface area contributed by atoms with Gasteiger partial charge in [-0.2, -0.15) is 0 Å². The molecule has 2 rings (SSSR count). The molecule has 2 aliphatic heterocycles. The van der Waals surface area contributed by atoms with Gasteiger partial charge in [0.05, 0.1) is 0 Å². The van der Waals surface area contributed by atoms with Gasteiger partial charge in [0.25, 0.3) is 5.60 Å². The predicted molar refractivity (Wildman–Crippen MR) is 60.9 cm³/mol. The normalized spacial score (nSPS) is 33.5. The first-order valence-corrected chi connectivity index (χ1v) is 6.06. The van der Waals surface area contributed by atoms with Gasteiger partial charge in [0.15, 0.2) is 6.10 Å². The molecule has 11 nitrogen and oxygen atoms in total. The fraction of sp³-hybridized carbons (Fsp3) is 0.636. The molecule has 0 bridgehead atoms. The Balaban J connectivity index is 2.34. The van der Waals surface area contributed by atoms with E-state index in [9.17, 15) is 19.2 Å². The second kappa shape index (κ2) is 5.19. The molecule has 11 heteroatoms. The van der Waals surface area contributed by atoms with E-state index < -0.39 is 54.1 Å². The van der Waals surface area contributed by atoms with Gasteiger partial charge >= 0.3 is 23.9 Å². The average Bonchev–Trinajstić information content (AvgIpc) is 2.83. The minimum atomic E-state index is -2.90. The van der Waals surface area contributed by atoms with Gasteiger partial charge < -0.3 is 34.6 Å². The van der Waals surface area contributed by atoms with Crippen molar-refractivity contribution in [2.24, 2.45) is 0 Å². The molecule has 22 heavy (non-hydrogen) atoms. The molecule has 0 radical (unpaired) electrons. The van der Waals surface area contributed by atoms with Crippen molar-refractivity contribution in [1.82, 2.24) is 0 Å². The molecule has 4 N–H and O–H groups in total. The maximum absolute atomic E-state index is 11.3. The molecule has 0 aromatic heterocycles. The number of rotatable bonds is 4. The van der Waals surface area contributed by atoms with Crippen molar-refractivity contribution in [2.45, 2.75) is 36.4 Å². The zero-order chi connectivity index (χ0) is 16.7. The molecule has 0 saturated carbocycles. The Morgan fingerprint density at radius 2 is 1.50 bits per heavy atom. The van der Waals surface area contributed by atoms with E-state index in [0.717, 1.165) is 0 Å². The van der Waals surface area contributed by atoms with Crippen LogP contribution in [0, 0.1) is 0 Å². The monoisotopic (exact) mass is 320 g/mol. The Morgan fingerprint density at radius 1 is 0.909 bits per heavy atom. The summed E-state index contributed by atoms with van der Waals surface area (Å²) in [6, 6.07) is 0. The Labute approximate surface area is 122 Å². The van der Waals surface area contributed by atoms with Gasteiger partial charge in [0.1, 0.15) is 6.61 Å². The summed E-state index contributed by atoms with van der Waals surface area (Å²) < 4.78 is 14.9. The molecule has 1 unspecified atom stereocenters.